The molecule has 0 radical (unpaired) electrons. The first-order valence-electron chi connectivity index (χ1n) is 5.67. The molecular formula is C13H11F3IN3. The van der Waals surface area contributed by atoms with E-state index >= 15 is 0 Å². The molecule has 7 heteroatoms. The zero-order valence-electron chi connectivity index (χ0n) is 10.2. The van der Waals surface area contributed by atoms with Crippen LogP contribution in [-0.4, -0.2) is 4.98 Å². The minimum atomic E-state index is -4.33. The molecule has 1 heterocycles. The summed E-state index contributed by atoms with van der Waals surface area (Å²) in [5.41, 5.74) is 6.17. The number of nitrogens with zero attached hydrogens (tertiary/aromatic N) is 1. The first-order valence-corrected chi connectivity index (χ1v) is 6.75. The molecule has 3 N–H and O–H groups in total. The van der Waals surface area contributed by atoms with Crippen molar-refractivity contribution >= 4 is 34.1 Å². The minimum Gasteiger partial charge on any atom is -0.382 e. The van der Waals surface area contributed by atoms with Gasteiger partial charge in [-0.15, -0.1) is 0 Å². The maximum atomic E-state index is 12.6. The van der Waals surface area contributed by atoms with Crippen LogP contribution in [0.2, 0.25) is 0 Å². The maximum absolute atomic E-state index is 12.6. The highest BCUT2D eigenvalue weighted by Crippen LogP contribution is 2.29. The molecule has 0 bridgehead atoms. The largest absolute Gasteiger partial charge is 0.416 e. The van der Waals surface area contributed by atoms with Crippen LogP contribution < -0.4 is 11.1 Å². The molecule has 0 aliphatic carbocycles. The van der Waals surface area contributed by atoms with Crippen molar-refractivity contribution in [2.24, 2.45) is 0 Å². The number of pyridine rings is 1. The average Bonchev–Trinajstić information content (AvgIpc) is 2.39. The van der Waals surface area contributed by atoms with Crippen molar-refractivity contribution in [2.45, 2.75) is 12.7 Å². The van der Waals surface area contributed by atoms with Gasteiger partial charge in [-0.05, 0) is 46.4 Å². The summed E-state index contributed by atoms with van der Waals surface area (Å²) < 4.78 is 38.7. The second kappa shape index (κ2) is 5.86. The molecule has 0 unspecified atom stereocenters. The highest BCUT2D eigenvalue weighted by molar-refractivity contribution is 14.1. The molecule has 0 spiro atoms. The Hall–Kier alpha value is -1.51. The predicted molar refractivity (Wildman–Crippen MR) is 80.1 cm³/mol. The van der Waals surface area contributed by atoms with Gasteiger partial charge in [-0.1, -0.05) is 12.1 Å². The monoisotopic (exact) mass is 393 g/mol. The van der Waals surface area contributed by atoms with Crippen molar-refractivity contribution in [2.75, 3.05) is 11.1 Å². The Bertz CT molecular complexity index is 614. The second-order valence-electron chi connectivity index (χ2n) is 4.14. The summed E-state index contributed by atoms with van der Waals surface area (Å²) in [5, 5.41) is 2.99. The molecule has 2 rings (SSSR count). The quantitative estimate of drug-likeness (QED) is 0.778. The van der Waals surface area contributed by atoms with Crippen LogP contribution >= 0.6 is 22.6 Å². The van der Waals surface area contributed by atoms with Gasteiger partial charge in [-0.2, -0.15) is 13.2 Å². The topological polar surface area (TPSA) is 50.9 Å². The highest BCUT2D eigenvalue weighted by Gasteiger charge is 2.30. The van der Waals surface area contributed by atoms with E-state index in [4.69, 9.17) is 5.73 Å². The third-order valence-corrected chi connectivity index (χ3v) is 3.21. The zero-order valence-corrected chi connectivity index (χ0v) is 12.4. The number of nitrogen functional groups attached to an aromatic ring is 1. The Morgan fingerprint density at radius 1 is 1.25 bits per heavy atom. The van der Waals surface area contributed by atoms with Crippen molar-refractivity contribution in [3.05, 3.63) is 51.2 Å². The molecule has 106 valence electrons. The van der Waals surface area contributed by atoms with Crippen molar-refractivity contribution < 1.29 is 13.2 Å². The lowest BCUT2D eigenvalue weighted by molar-refractivity contribution is -0.137. The highest BCUT2D eigenvalue weighted by atomic mass is 127. The van der Waals surface area contributed by atoms with Crippen LogP contribution in [0.5, 0.6) is 0 Å². The van der Waals surface area contributed by atoms with Gasteiger partial charge in [-0.3, -0.25) is 0 Å². The molecule has 0 aliphatic rings. The third kappa shape index (κ3) is 3.75. The molecule has 0 amide bonds. The van der Waals surface area contributed by atoms with Gasteiger partial charge in [-0.25, -0.2) is 4.98 Å². The summed E-state index contributed by atoms with van der Waals surface area (Å²) in [6.07, 6.45) is -2.72. The second-order valence-corrected chi connectivity index (χ2v) is 5.38. The summed E-state index contributed by atoms with van der Waals surface area (Å²) in [5.74, 6) is 0.317. The Morgan fingerprint density at radius 3 is 2.70 bits per heavy atom. The molecular weight excluding hydrogens is 382 g/mol. The molecule has 0 atom stereocenters. The molecule has 3 nitrogen and oxygen atoms in total. The lowest BCUT2D eigenvalue weighted by Gasteiger charge is -2.11. The van der Waals surface area contributed by atoms with E-state index in [2.05, 4.69) is 32.9 Å². The zero-order chi connectivity index (χ0) is 14.8. The number of nitrogens with two attached hydrogens (primary N) is 1. The number of aromatic nitrogens is 1. The number of hydrogen-bond donors (Lipinski definition) is 2. The average molecular weight is 393 g/mol. The number of hydrogen-bond acceptors (Lipinski definition) is 3. The maximum Gasteiger partial charge on any atom is 0.416 e. The fraction of sp³-hybridized carbons (Fsp3) is 0.154. The van der Waals surface area contributed by atoms with E-state index in [1.165, 1.54) is 6.07 Å². The van der Waals surface area contributed by atoms with Crippen LogP contribution in [0.4, 0.5) is 24.7 Å². The van der Waals surface area contributed by atoms with Crippen molar-refractivity contribution in [1.29, 1.82) is 0 Å². The fourth-order valence-corrected chi connectivity index (χ4v) is 2.10. The minimum absolute atomic E-state index is 0.246. The van der Waals surface area contributed by atoms with Gasteiger partial charge >= 0.3 is 6.18 Å². The summed E-state index contributed by atoms with van der Waals surface area (Å²) >= 11 is 2.09. The van der Waals surface area contributed by atoms with Crippen molar-refractivity contribution in [3.63, 3.8) is 0 Å². The molecule has 0 aliphatic heterocycles. The SMILES string of the molecule is Nc1ncc(I)cc1NCc1cccc(C(F)(F)F)c1. The van der Waals surface area contributed by atoms with E-state index < -0.39 is 11.7 Å². The fourth-order valence-electron chi connectivity index (χ4n) is 1.65. The first-order chi connectivity index (χ1) is 9.36. The Kier molecular flexibility index (Phi) is 4.36. The normalized spacial score (nSPS) is 11.4. The van der Waals surface area contributed by atoms with Gasteiger partial charge < -0.3 is 11.1 Å². The molecule has 0 saturated heterocycles. The van der Waals surface area contributed by atoms with E-state index in [0.717, 1.165) is 15.7 Å². The number of anilines is 2. The lowest BCUT2D eigenvalue weighted by atomic mass is 10.1. The molecule has 1 aromatic carbocycles. The van der Waals surface area contributed by atoms with Crippen LogP contribution in [0.15, 0.2) is 36.5 Å². The molecule has 20 heavy (non-hydrogen) atoms. The van der Waals surface area contributed by atoms with Gasteiger partial charge in [0.25, 0.3) is 0 Å². The van der Waals surface area contributed by atoms with E-state index in [9.17, 15) is 13.2 Å². The number of alkyl halides is 3. The van der Waals surface area contributed by atoms with Crippen molar-refractivity contribution in [1.82, 2.24) is 4.98 Å². The van der Waals surface area contributed by atoms with E-state index in [-0.39, 0.29) is 6.54 Å². The van der Waals surface area contributed by atoms with Crippen LogP contribution in [-0.2, 0) is 12.7 Å². The third-order valence-electron chi connectivity index (χ3n) is 2.62. The Balaban J connectivity index is 2.13. The van der Waals surface area contributed by atoms with Gasteiger partial charge in [0.15, 0.2) is 0 Å². The number of nitrogens with one attached hydrogen (secondary N) is 1. The van der Waals surface area contributed by atoms with E-state index in [0.29, 0.717) is 17.1 Å². The van der Waals surface area contributed by atoms with Crippen LogP contribution in [0.1, 0.15) is 11.1 Å². The summed E-state index contributed by atoms with van der Waals surface area (Å²) in [6, 6.07) is 6.96. The Labute approximate surface area is 127 Å². The van der Waals surface area contributed by atoms with Gasteiger partial charge in [0.1, 0.15) is 5.82 Å². The smallest absolute Gasteiger partial charge is 0.382 e. The van der Waals surface area contributed by atoms with Gasteiger partial charge in [0, 0.05) is 16.3 Å². The summed E-state index contributed by atoms with van der Waals surface area (Å²) in [7, 11) is 0. The van der Waals surface area contributed by atoms with Gasteiger partial charge in [0.2, 0.25) is 0 Å². The standard InChI is InChI=1S/C13H11F3IN3/c14-13(15,16)9-3-1-2-8(4-9)6-19-11-5-10(17)7-20-12(11)18/h1-5,7,19H,6H2,(H2,18,20). The predicted octanol–water partition coefficient (Wildman–Crippen LogP) is 3.90. The van der Waals surface area contributed by atoms with E-state index in [1.807, 2.05) is 0 Å². The van der Waals surface area contributed by atoms with Crippen LogP contribution in [0.3, 0.4) is 0 Å². The summed E-state index contributed by atoms with van der Waals surface area (Å²) in [4.78, 5) is 3.98. The number of rotatable bonds is 3. The number of benzene rings is 1. The van der Waals surface area contributed by atoms with Crippen LogP contribution in [0, 0.1) is 3.57 Å². The molecule has 1 aromatic heterocycles. The molecule has 0 saturated carbocycles. The first kappa shape index (κ1) is 14.9. The van der Waals surface area contributed by atoms with Gasteiger partial charge in [0.05, 0.1) is 11.3 Å². The number of halogens is 4. The molecule has 0 fully saturated rings. The van der Waals surface area contributed by atoms with Crippen LogP contribution in [0.25, 0.3) is 0 Å². The van der Waals surface area contributed by atoms with E-state index in [1.54, 1.807) is 18.3 Å². The lowest BCUT2D eigenvalue weighted by Crippen LogP contribution is -2.08. The summed E-state index contributed by atoms with van der Waals surface area (Å²) in [6.45, 7) is 0.246. The van der Waals surface area contributed by atoms with Crippen molar-refractivity contribution in [3.8, 4) is 0 Å². The molecule has 2 aromatic rings. The Morgan fingerprint density at radius 2 is 2.00 bits per heavy atom.